The number of aryl methyl sites for hydroxylation is 1. The second kappa shape index (κ2) is 5.16. The van der Waals surface area contributed by atoms with Crippen LogP contribution >= 0.6 is 0 Å². The lowest BCUT2D eigenvalue weighted by molar-refractivity contribution is 0.166. The van der Waals surface area contributed by atoms with Gasteiger partial charge in [0.15, 0.2) is 0 Å². The van der Waals surface area contributed by atoms with Crippen LogP contribution in [0, 0.1) is 6.92 Å². The molecule has 0 amide bonds. The molecule has 0 aromatic heterocycles. The van der Waals surface area contributed by atoms with Crippen LogP contribution in [-0.4, -0.2) is 20.1 Å². The summed E-state index contributed by atoms with van der Waals surface area (Å²) in [5.41, 5.74) is 1.96. The molecule has 0 saturated heterocycles. The van der Waals surface area contributed by atoms with E-state index < -0.39 is 16.1 Å². The Morgan fingerprint density at radius 3 is 2.52 bits per heavy atom. The SMILES string of the molecule is Cc1ccccc1S(=O)(=O)N1CCC(O)c2ccccc21. The Labute approximate surface area is 124 Å². The molecule has 0 bridgehead atoms. The molecule has 2 aromatic rings. The summed E-state index contributed by atoms with van der Waals surface area (Å²) in [6.45, 7) is 2.08. The molecule has 0 aliphatic carbocycles. The summed E-state index contributed by atoms with van der Waals surface area (Å²) in [4.78, 5) is 0.316. The van der Waals surface area contributed by atoms with Crippen LogP contribution in [-0.2, 0) is 10.0 Å². The van der Waals surface area contributed by atoms with Gasteiger partial charge in [0, 0.05) is 12.1 Å². The van der Waals surface area contributed by atoms with E-state index in [1.54, 1.807) is 43.3 Å². The normalized spacial score (nSPS) is 18.4. The van der Waals surface area contributed by atoms with Gasteiger partial charge in [-0.15, -0.1) is 0 Å². The molecule has 21 heavy (non-hydrogen) atoms. The first-order valence-corrected chi connectivity index (χ1v) is 8.31. The minimum Gasteiger partial charge on any atom is -0.388 e. The predicted octanol–water partition coefficient (Wildman–Crippen LogP) is 2.63. The largest absolute Gasteiger partial charge is 0.388 e. The van der Waals surface area contributed by atoms with Crippen LogP contribution in [0.15, 0.2) is 53.4 Å². The summed E-state index contributed by atoms with van der Waals surface area (Å²) < 4.78 is 27.2. The van der Waals surface area contributed by atoms with Crippen LogP contribution in [0.1, 0.15) is 23.7 Å². The molecule has 110 valence electrons. The minimum absolute atomic E-state index is 0.287. The van der Waals surface area contributed by atoms with Gasteiger partial charge in [0.05, 0.1) is 16.7 Å². The van der Waals surface area contributed by atoms with Gasteiger partial charge >= 0.3 is 0 Å². The van der Waals surface area contributed by atoms with E-state index in [2.05, 4.69) is 0 Å². The van der Waals surface area contributed by atoms with Gasteiger partial charge in [0.2, 0.25) is 0 Å². The Morgan fingerprint density at radius 1 is 1.10 bits per heavy atom. The zero-order valence-electron chi connectivity index (χ0n) is 11.7. The lowest BCUT2D eigenvalue weighted by Gasteiger charge is -2.33. The highest BCUT2D eigenvalue weighted by molar-refractivity contribution is 7.92. The van der Waals surface area contributed by atoms with Crippen molar-refractivity contribution in [1.82, 2.24) is 0 Å². The number of sulfonamides is 1. The second-order valence-electron chi connectivity index (χ2n) is 5.21. The Morgan fingerprint density at radius 2 is 1.76 bits per heavy atom. The molecule has 5 heteroatoms. The smallest absolute Gasteiger partial charge is 0.264 e. The van der Waals surface area contributed by atoms with Gasteiger partial charge in [-0.05, 0) is 31.0 Å². The number of para-hydroxylation sites is 1. The monoisotopic (exact) mass is 303 g/mol. The van der Waals surface area contributed by atoms with Gasteiger partial charge < -0.3 is 5.11 Å². The van der Waals surface area contributed by atoms with Gasteiger partial charge in [-0.25, -0.2) is 8.42 Å². The number of fused-ring (bicyclic) bond motifs is 1. The first-order valence-electron chi connectivity index (χ1n) is 6.87. The molecule has 1 atom stereocenters. The van der Waals surface area contributed by atoms with Crippen molar-refractivity contribution in [1.29, 1.82) is 0 Å². The molecule has 2 aromatic carbocycles. The van der Waals surface area contributed by atoms with Crippen LogP contribution in [0.2, 0.25) is 0 Å². The third kappa shape index (κ3) is 2.32. The van der Waals surface area contributed by atoms with E-state index in [1.807, 2.05) is 12.1 Å². The predicted molar refractivity (Wildman–Crippen MR) is 81.7 cm³/mol. The molecule has 1 aliphatic heterocycles. The number of aliphatic hydroxyl groups is 1. The summed E-state index contributed by atoms with van der Waals surface area (Å²) in [6.07, 6.45) is -0.202. The Balaban J connectivity index is 2.14. The maximum absolute atomic E-state index is 12.9. The number of aliphatic hydroxyl groups excluding tert-OH is 1. The average Bonchev–Trinajstić information content (AvgIpc) is 2.48. The maximum atomic E-state index is 12.9. The van der Waals surface area contributed by atoms with Crippen molar-refractivity contribution in [2.24, 2.45) is 0 Å². The van der Waals surface area contributed by atoms with E-state index >= 15 is 0 Å². The summed E-state index contributed by atoms with van der Waals surface area (Å²) in [7, 11) is -3.61. The maximum Gasteiger partial charge on any atom is 0.264 e. The molecule has 0 fully saturated rings. The quantitative estimate of drug-likeness (QED) is 0.928. The molecule has 1 N–H and O–H groups in total. The molecule has 1 unspecified atom stereocenters. The van der Waals surface area contributed by atoms with Crippen molar-refractivity contribution in [3.63, 3.8) is 0 Å². The molecule has 0 saturated carbocycles. The minimum atomic E-state index is -3.61. The van der Waals surface area contributed by atoms with E-state index in [9.17, 15) is 13.5 Å². The van der Waals surface area contributed by atoms with E-state index in [4.69, 9.17) is 0 Å². The molecule has 1 aliphatic rings. The fourth-order valence-electron chi connectivity index (χ4n) is 2.73. The van der Waals surface area contributed by atoms with Crippen LogP contribution in [0.25, 0.3) is 0 Å². The van der Waals surface area contributed by atoms with Gasteiger partial charge in [-0.2, -0.15) is 0 Å². The van der Waals surface area contributed by atoms with Crippen molar-refractivity contribution >= 4 is 15.7 Å². The Bertz CT molecular complexity index is 771. The molecule has 3 rings (SSSR count). The van der Waals surface area contributed by atoms with Crippen LogP contribution in [0.5, 0.6) is 0 Å². The zero-order valence-corrected chi connectivity index (χ0v) is 12.5. The van der Waals surface area contributed by atoms with Crippen molar-refractivity contribution < 1.29 is 13.5 Å². The van der Waals surface area contributed by atoms with Crippen molar-refractivity contribution in [2.75, 3.05) is 10.8 Å². The van der Waals surface area contributed by atoms with Crippen molar-refractivity contribution in [3.05, 3.63) is 59.7 Å². The lowest BCUT2D eigenvalue weighted by Crippen LogP contribution is -2.37. The summed E-state index contributed by atoms with van der Waals surface area (Å²) >= 11 is 0. The summed E-state index contributed by atoms with van der Waals surface area (Å²) in [5.74, 6) is 0. The van der Waals surface area contributed by atoms with Crippen molar-refractivity contribution in [2.45, 2.75) is 24.3 Å². The van der Waals surface area contributed by atoms with Crippen molar-refractivity contribution in [3.8, 4) is 0 Å². The van der Waals surface area contributed by atoms with Gasteiger partial charge in [0.25, 0.3) is 10.0 Å². The third-order valence-corrected chi connectivity index (χ3v) is 5.81. The molecule has 1 heterocycles. The molecule has 4 nitrogen and oxygen atoms in total. The Kier molecular flexibility index (Phi) is 3.47. The Hall–Kier alpha value is -1.85. The second-order valence-corrected chi connectivity index (χ2v) is 7.04. The lowest BCUT2D eigenvalue weighted by atomic mass is 10.0. The fourth-order valence-corrected chi connectivity index (χ4v) is 4.46. The molecular weight excluding hydrogens is 286 g/mol. The number of benzene rings is 2. The first kappa shape index (κ1) is 14.1. The topological polar surface area (TPSA) is 57.6 Å². The highest BCUT2D eigenvalue weighted by Crippen LogP contribution is 2.37. The van der Waals surface area contributed by atoms with E-state index in [-0.39, 0.29) is 6.54 Å². The van der Waals surface area contributed by atoms with Crippen LogP contribution in [0.4, 0.5) is 5.69 Å². The van der Waals surface area contributed by atoms with Crippen LogP contribution in [0.3, 0.4) is 0 Å². The third-order valence-electron chi connectivity index (χ3n) is 3.83. The molecule has 0 spiro atoms. The van der Waals surface area contributed by atoms with Crippen LogP contribution < -0.4 is 4.31 Å². The number of hydrogen-bond acceptors (Lipinski definition) is 3. The number of rotatable bonds is 2. The number of hydrogen-bond donors (Lipinski definition) is 1. The molecular formula is C16H17NO3S. The summed E-state index contributed by atoms with van der Waals surface area (Å²) in [6, 6.07) is 14.1. The molecule has 0 radical (unpaired) electrons. The van der Waals surface area contributed by atoms with Gasteiger partial charge in [-0.3, -0.25) is 4.31 Å². The number of nitrogens with zero attached hydrogens (tertiary/aromatic N) is 1. The summed E-state index contributed by atoms with van der Waals surface area (Å²) in [5, 5.41) is 10.0. The van der Waals surface area contributed by atoms with E-state index in [0.29, 0.717) is 22.6 Å². The highest BCUT2D eigenvalue weighted by atomic mass is 32.2. The van der Waals surface area contributed by atoms with Gasteiger partial charge in [-0.1, -0.05) is 36.4 Å². The highest BCUT2D eigenvalue weighted by Gasteiger charge is 2.32. The van der Waals surface area contributed by atoms with E-state index in [0.717, 1.165) is 5.56 Å². The fraction of sp³-hybridized carbons (Fsp3) is 0.250. The average molecular weight is 303 g/mol. The zero-order chi connectivity index (χ0) is 15.0. The van der Waals surface area contributed by atoms with E-state index in [1.165, 1.54) is 4.31 Å². The first-order chi connectivity index (χ1) is 10.0. The number of anilines is 1. The van der Waals surface area contributed by atoms with Gasteiger partial charge in [0.1, 0.15) is 0 Å². The standard InChI is InChI=1S/C16H17NO3S/c1-12-6-2-5-9-16(12)21(19,20)17-11-10-15(18)13-7-3-4-8-14(13)17/h2-9,15,18H,10-11H2,1H3.